The van der Waals surface area contributed by atoms with Gasteiger partial charge in [0.1, 0.15) is 5.82 Å². The Balaban J connectivity index is 2.32. The molecule has 0 aromatic heterocycles. The van der Waals surface area contributed by atoms with E-state index in [4.69, 9.17) is 14.2 Å². The molecule has 0 aliphatic carbocycles. The van der Waals surface area contributed by atoms with Crippen LogP contribution >= 0.6 is 0 Å². The van der Waals surface area contributed by atoms with Crippen LogP contribution < -0.4 is 19.5 Å². The van der Waals surface area contributed by atoms with Crippen LogP contribution in [0.15, 0.2) is 24.3 Å². The van der Waals surface area contributed by atoms with Crippen molar-refractivity contribution in [2.24, 2.45) is 0 Å². The number of methoxy groups -OCH3 is 3. The van der Waals surface area contributed by atoms with Crippen LogP contribution in [0.4, 0.5) is 10.1 Å². The maximum absolute atomic E-state index is 14.6. The molecule has 2 aromatic rings. The van der Waals surface area contributed by atoms with E-state index in [1.54, 1.807) is 12.1 Å². The maximum atomic E-state index is 14.6. The monoisotopic (exact) mass is 345 g/mol. The van der Waals surface area contributed by atoms with Crippen molar-refractivity contribution in [3.63, 3.8) is 0 Å². The van der Waals surface area contributed by atoms with Gasteiger partial charge in [0.25, 0.3) is 0 Å². The van der Waals surface area contributed by atoms with Crippen LogP contribution in [0.25, 0.3) is 0 Å². The van der Waals surface area contributed by atoms with Crippen molar-refractivity contribution in [1.29, 1.82) is 0 Å². The summed E-state index contributed by atoms with van der Waals surface area (Å²) in [7, 11) is 4.53. The predicted molar refractivity (Wildman–Crippen MR) is 92.3 cm³/mol. The number of carbonyl (C=O) groups is 1. The summed E-state index contributed by atoms with van der Waals surface area (Å²) in [6.07, 6.45) is 0.126. The molecule has 1 amide bonds. The molecule has 0 fully saturated rings. The largest absolute Gasteiger partial charge is 0.493 e. The molecule has 132 valence electrons. The number of halogens is 1. The second-order valence-corrected chi connectivity index (χ2v) is 5.88. The standard InChI is InChI=1S/C19H20FNO4/c1-10-6-5-7-12(20)16(10)11-8-15(22)21-13-9-14(23-2)18(24-3)19(25-4)17(11)13/h5-7,9,11H,8H2,1-4H3,(H,21,22). The highest BCUT2D eigenvalue weighted by atomic mass is 19.1. The minimum atomic E-state index is -0.472. The Bertz CT molecular complexity index is 814. The summed E-state index contributed by atoms with van der Waals surface area (Å²) < 4.78 is 30.9. The van der Waals surface area contributed by atoms with Crippen molar-refractivity contribution >= 4 is 11.6 Å². The van der Waals surface area contributed by atoms with Gasteiger partial charge in [-0.2, -0.15) is 0 Å². The second kappa shape index (κ2) is 6.63. The quantitative estimate of drug-likeness (QED) is 0.919. The molecule has 3 rings (SSSR count). The zero-order chi connectivity index (χ0) is 18.1. The molecule has 1 unspecified atom stereocenters. The molecule has 0 saturated heterocycles. The van der Waals surface area contributed by atoms with Gasteiger partial charge in [-0.05, 0) is 24.1 Å². The molecule has 25 heavy (non-hydrogen) atoms. The number of aryl methyl sites for hydroxylation is 1. The van der Waals surface area contributed by atoms with E-state index in [0.29, 0.717) is 34.1 Å². The molecule has 0 radical (unpaired) electrons. The van der Waals surface area contributed by atoms with Crippen LogP contribution in [-0.2, 0) is 4.79 Å². The zero-order valence-corrected chi connectivity index (χ0v) is 14.6. The fourth-order valence-corrected chi connectivity index (χ4v) is 3.45. The Kier molecular flexibility index (Phi) is 4.53. The Labute approximate surface area is 145 Å². The van der Waals surface area contributed by atoms with Crippen LogP contribution in [-0.4, -0.2) is 27.2 Å². The molecule has 0 saturated carbocycles. The lowest BCUT2D eigenvalue weighted by Gasteiger charge is -2.30. The third kappa shape index (κ3) is 2.77. The van der Waals surface area contributed by atoms with Gasteiger partial charge in [-0.1, -0.05) is 12.1 Å². The fraction of sp³-hybridized carbons (Fsp3) is 0.316. The molecule has 0 spiro atoms. The second-order valence-electron chi connectivity index (χ2n) is 5.88. The molecule has 1 aliphatic rings. The van der Waals surface area contributed by atoms with Gasteiger partial charge in [-0.15, -0.1) is 0 Å². The third-order valence-electron chi connectivity index (χ3n) is 4.50. The van der Waals surface area contributed by atoms with Gasteiger partial charge in [0.05, 0.1) is 27.0 Å². The van der Waals surface area contributed by atoms with E-state index < -0.39 is 5.92 Å². The van der Waals surface area contributed by atoms with Gasteiger partial charge < -0.3 is 19.5 Å². The highest BCUT2D eigenvalue weighted by Crippen LogP contribution is 2.51. The van der Waals surface area contributed by atoms with E-state index in [-0.39, 0.29) is 18.1 Å². The van der Waals surface area contributed by atoms with Crippen LogP contribution in [0.5, 0.6) is 17.2 Å². The van der Waals surface area contributed by atoms with E-state index in [1.165, 1.54) is 27.4 Å². The molecule has 1 N–H and O–H groups in total. The van der Waals surface area contributed by atoms with E-state index in [0.717, 1.165) is 5.56 Å². The fourth-order valence-electron chi connectivity index (χ4n) is 3.45. The van der Waals surface area contributed by atoms with Crippen LogP contribution in [0.2, 0.25) is 0 Å². The number of benzene rings is 2. The number of carbonyl (C=O) groups excluding carboxylic acids is 1. The molecule has 5 nitrogen and oxygen atoms in total. The van der Waals surface area contributed by atoms with Crippen LogP contribution in [0.1, 0.15) is 29.0 Å². The summed E-state index contributed by atoms with van der Waals surface area (Å²) in [5.74, 6) is 0.282. The van der Waals surface area contributed by atoms with Crippen molar-refractivity contribution in [3.05, 3.63) is 46.8 Å². The Morgan fingerprint density at radius 3 is 2.40 bits per heavy atom. The number of hydrogen-bond donors (Lipinski definition) is 1. The first-order valence-electron chi connectivity index (χ1n) is 7.89. The summed E-state index contributed by atoms with van der Waals surface area (Å²) in [6, 6.07) is 6.57. The lowest BCUT2D eigenvalue weighted by molar-refractivity contribution is -0.116. The Morgan fingerprint density at radius 2 is 1.80 bits per heavy atom. The van der Waals surface area contributed by atoms with E-state index in [2.05, 4.69) is 5.32 Å². The number of amides is 1. The minimum absolute atomic E-state index is 0.126. The van der Waals surface area contributed by atoms with Gasteiger partial charge in [-0.3, -0.25) is 4.79 Å². The van der Waals surface area contributed by atoms with E-state index in [9.17, 15) is 9.18 Å². The Hall–Kier alpha value is -2.76. The predicted octanol–water partition coefficient (Wildman–Crippen LogP) is 3.63. The van der Waals surface area contributed by atoms with Gasteiger partial charge in [0, 0.05) is 24.0 Å². The van der Waals surface area contributed by atoms with Gasteiger partial charge in [0.15, 0.2) is 11.5 Å². The first-order valence-corrected chi connectivity index (χ1v) is 7.89. The normalized spacial score (nSPS) is 16.0. The maximum Gasteiger partial charge on any atom is 0.225 e. The van der Waals surface area contributed by atoms with Crippen LogP contribution in [0.3, 0.4) is 0 Å². The lowest BCUT2D eigenvalue weighted by Crippen LogP contribution is -2.25. The minimum Gasteiger partial charge on any atom is -0.493 e. The molecule has 0 bridgehead atoms. The zero-order valence-electron chi connectivity index (χ0n) is 14.6. The average Bonchev–Trinajstić information content (AvgIpc) is 2.59. The molecular formula is C19H20FNO4. The highest BCUT2D eigenvalue weighted by Gasteiger charge is 2.35. The summed E-state index contributed by atoms with van der Waals surface area (Å²) in [6.45, 7) is 1.83. The average molecular weight is 345 g/mol. The summed E-state index contributed by atoms with van der Waals surface area (Å²) >= 11 is 0. The molecule has 1 atom stereocenters. The van der Waals surface area contributed by atoms with Crippen molar-refractivity contribution in [3.8, 4) is 17.2 Å². The van der Waals surface area contributed by atoms with E-state index >= 15 is 0 Å². The number of fused-ring (bicyclic) bond motifs is 1. The van der Waals surface area contributed by atoms with Crippen molar-refractivity contribution in [2.45, 2.75) is 19.3 Å². The summed E-state index contributed by atoms with van der Waals surface area (Å²) in [5, 5.41) is 2.82. The number of hydrogen-bond acceptors (Lipinski definition) is 4. The highest BCUT2D eigenvalue weighted by molar-refractivity contribution is 5.97. The molecule has 6 heteroatoms. The summed E-state index contributed by atoms with van der Waals surface area (Å²) in [5.41, 5.74) is 2.50. The number of rotatable bonds is 4. The van der Waals surface area contributed by atoms with Crippen molar-refractivity contribution < 1.29 is 23.4 Å². The van der Waals surface area contributed by atoms with Crippen LogP contribution in [0, 0.1) is 12.7 Å². The Morgan fingerprint density at radius 1 is 1.08 bits per heavy atom. The summed E-state index contributed by atoms with van der Waals surface area (Å²) in [4.78, 5) is 12.2. The first kappa shape index (κ1) is 17.1. The van der Waals surface area contributed by atoms with Crippen molar-refractivity contribution in [1.82, 2.24) is 0 Å². The molecule has 1 heterocycles. The van der Waals surface area contributed by atoms with E-state index in [1.807, 2.05) is 13.0 Å². The first-order chi connectivity index (χ1) is 12.0. The number of anilines is 1. The molecule has 2 aromatic carbocycles. The SMILES string of the molecule is COc1cc2c(c(OC)c1OC)C(c1c(C)cccc1F)CC(=O)N2. The topological polar surface area (TPSA) is 56.8 Å². The van der Waals surface area contributed by atoms with Gasteiger partial charge >= 0.3 is 0 Å². The van der Waals surface area contributed by atoms with Crippen molar-refractivity contribution in [2.75, 3.05) is 26.6 Å². The smallest absolute Gasteiger partial charge is 0.225 e. The molecule has 1 aliphatic heterocycles. The van der Waals surface area contributed by atoms with Gasteiger partial charge in [0.2, 0.25) is 11.7 Å². The molecular weight excluding hydrogens is 325 g/mol. The lowest BCUT2D eigenvalue weighted by atomic mass is 9.81. The number of nitrogens with one attached hydrogen (secondary N) is 1. The third-order valence-corrected chi connectivity index (χ3v) is 4.50. The van der Waals surface area contributed by atoms with Gasteiger partial charge in [-0.25, -0.2) is 4.39 Å². The number of ether oxygens (including phenoxy) is 3.